The molecule has 0 spiro atoms. The average molecular weight is 266 g/mol. The van der Waals surface area contributed by atoms with E-state index in [1.165, 1.54) is 11.8 Å². The van der Waals surface area contributed by atoms with Crippen LogP contribution < -0.4 is 0 Å². The van der Waals surface area contributed by atoms with E-state index in [0.29, 0.717) is 5.56 Å². The van der Waals surface area contributed by atoms with Gasteiger partial charge in [-0.3, -0.25) is 0 Å². The smallest absolute Gasteiger partial charge is 0.336 e. The molecule has 0 heterocycles. The van der Waals surface area contributed by atoms with Crippen molar-refractivity contribution >= 4 is 17.7 Å². The van der Waals surface area contributed by atoms with Gasteiger partial charge < -0.3 is 10.2 Å². The number of aliphatic hydroxyl groups excluding tert-OH is 1. The van der Waals surface area contributed by atoms with Crippen LogP contribution in [0.15, 0.2) is 29.2 Å². The summed E-state index contributed by atoms with van der Waals surface area (Å²) in [6.07, 6.45) is 4.81. The van der Waals surface area contributed by atoms with E-state index in [1.807, 2.05) is 12.1 Å². The summed E-state index contributed by atoms with van der Waals surface area (Å²) >= 11 is 1.51. The van der Waals surface area contributed by atoms with Gasteiger partial charge in [-0.05, 0) is 25.0 Å². The lowest BCUT2D eigenvalue weighted by Gasteiger charge is -2.20. The van der Waals surface area contributed by atoms with Gasteiger partial charge in [0.05, 0.1) is 11.7 Å². The lowest BCUT2D eigenvalue weighted by molar-refractivity contribution is 0.0693. The zero-order chi connectivity index (χ0) is 13.0. The fourth-order valence-electron chi connectivity index (χ4n) is 2.30. The Morgan fingerprint density at radius 2 is 1.89 bits per heavy atom. The van der Waals surface area contributed by atoms with Gasteiger partial charge in [0.15, 0.2) is 0 Å². The summed E-state index contributed by atoms with van der Waals surface area (Å²) in [6, 6.07) is 7.02. The first-order chi connectivity index (χ1) is 8.68. The summed E-state index contributed by atoms with van der Waals surface area (Å²) in [7, 11) is 0. The Morgan fingerprint density at radius 1 is 1.17 bits per heavy atom. The number of thioether (sulfide) groups is 1. The van der Waals surface area contributed by atoms with Gasteiger partial charge in [-0.25, -0.2) is 4.79 Å². The monoisotopic (exact) mass is 266 g/mol. The van der Waals surface area contributed by atoms with Gasteiger partial charge in [0.25, 0.3) is 0 Å². The zero-order valence-electron chi connectivity index (χ0n) is 10.2. The molecule has 1 aromatic carbocycles. The van der Waals surface area contributed by atoms with Gasteiger partial charge in [-0.2, -0.15) is 0 Å². The molecule has 0 aromatic heterocycles. The molecule has 1 aliphatic rings. The molecule has 1 aromatic rings. The van der Waals surface area contributed by atoms with E-state index in [2.05, 4.69) is 0 Å². The molecule has 4 heteroatoms. The summed E-state index contributed by atoms with van der Waals surface area (Å²) in [5, 5.41) is 19.3. The summed E-state index contributed by atoms with van der Waals surface area (Å²) in [5.41, 5.74) is 0.332. The molecule has 2 atom stereocenters. The number of aliphatic hydroxyl groups is 1. The number of rotatable bonds is 3. The first kappa shape index (κ1) is 13.4. The number of aromatic carboxylic acids is 1. The summed E-state index contributed by atoms with van der Waals surface area (Å²) < 4.78 is 0. The maximum Gasteiger partial charge on any atom is 0.336 e. The van der Waals surface area contributed by atoms with Crippen LogP contribution in [0.2, 0.25) is 0 Å². The lowest BCUT2D eigenvalue weighted by Crippen LogP contribution is -2.21. The third kappa shape index (κ3) is 3.27. The van der Waals surface area contributed by atoms with Crippen LogP contribution in [0.4, 0.5) is 0 Å². The second-order valence-electron chi connectivity index (χ2n) is 4.66. The Balaban J connectivity index is 2.14. The predicted molar refractivity (Wildman–Crippen MR) is 72.1 cm³/mol. The molecule has 2 unspecified atom stereocenters. The lowest BCUT2D eigenvalue weighted by atomic mass is 10.1. The van der Waals surface area contributed by atoms with E-state index in [-0.39, 0.29) is 11.4 Å². The summed E-state index contributed by atoms with van der Waals surface area (Å²) in [5.74, 6) is -0.902. The Kier molecular flexibility index (Phi) is 4.66. The first-order valence-electron chi connectivity index (χ1n) is 6.35. The topological polar surface area (TPSA) is 57.5 Å². The number of carboxylic acids is 1. The van der Waals surface area contributed by atoms with E-state index < -0.39 is 5.97 Å². The molecule has 1 fully saturated rings. The highest BCUT2D eigenvalue weighted by Gasteiger charge is 2.24. The maximum atomic E-state index is 11.1. The molecule has 0 saturated heterocycles. The van der Waals surface area contributed by atoms with Crippen molar-refractivity contribution in [3.63, 3.8) is 0 Å². The number of hydrogen-bond acceptors (Lipinski definition) is 3. The van der Waals surface area contributed by atoms with Crippen molar-refractivity contribution in [2.75, 3.05) is 0 Å². The second kappa shape index (κ2) is 6.25. The molecule has 1 aliphatic carbocycles. The Bertz CT molecular complexity index is 419. The molecule has 0 aliphatic heterocycles. The van der Waals surface area contributed by atoms with Crippen molar-refractivity contribution in [3.05, 3.63) is 29.8 Å². The fraction of sp³-hybridized carbons (Fsp3) is 0.500. The summed E-state index contributed by atoms with van der Waals surface area (Å²) in [4.78, 5) is 11.9. The van der Waals surface area contributed by atoms with Crippen molar-refractivity contribution in [3.8, 4) is 0 Å². The van der Waals surface area contributed by atoms with Crippen molar-refractivity contribution in [2.45, 2.75) is 48.4 Å². The van der Waals surface area contributed by atoms with Crippen LogP contribution in [-0.2, 0) is 0 Å². The third-order valence-corrected chi connectivity index (χ3v) is 4.78. The zero-order valence-corrected chi connectivity index (χ0v) is 11.0. The van der Waals surface area contributed by atoms with Gasteiger partial charge in [0.2, 0.25) is 0 Å². The average Bonchev–Trinajstić information content (AvgIpc) is 2.55. The van der Waals surface area contributed by atoms with Crippen LogP contribution in [0.25, 0.3) is 0 Å². The van der Waals surface area contributed by atoms with Crippen molar-refractivity contribution in [2.24, 2.45) is 0 Å². The normalized spacial score (nSPS) is 24.5. The van der Waals surface area contributed by atoms with Crippen molar-refractivity contribution < 1.29 is 15.0 Å². The number of benzene rings is 1. The van der Waals surface area contributed by atoms with E-state index in [1.54, 1.807) is 12.1 Å². The molecule has 98 valence electrons. The SMILES string of the molecule is O=C(O)c1ccccc1SC1CCCCCC1O. The van der Waals surface area contributed by atoms with Gasteiger partial charge in [0, 0.05) is 10.1 Å². The standard InChI is InChI=1S/C14H18O3S/c15-11-7-2-1-3-9-13(11)18-12-8-5-4-6-10(12)14(16)17/h4-6,8,11,13,15H,1-3,7,9H2,(H,16,17). The van der Waals surface area contributed by atoms with Crippen molar-refractivity contribution in [1.29, 1.82) is 0 Å². The van der Waals surface area contributed by atoms with Crippen LogP contribution in [-0.4, -0.2) is 27.5 Å². The highest BCUT2D eigenvalue weighted by Crippen LogP contribution is 2.34. The molecule has 1 saturated carbocycles. The molecule has 0 radical (unpaired) electrons. The van der Waals surface area contributed by atoms with E-state index in [9.17, 15) is 9.90 Å². The molecule has 2 N–H and O–H groups in total. The Labute approximate surface area is 111 Å². The Hall–Kier alpha value is -1.00. The third-order valence-electron chi connectivity index (χ3n) is 3.31. The molecule has 2 rings (SSSR count). The molecule has 3 nitrogen and oxygen atoms in total. The van der Waals surface area contributed by atoms with E-state index in [0.717, 1.165) is 37.0 Å². The van der Waals surface area contributed by atoms with Crippen LogP contribution in [0.3, 0.4) is 0 Å². The van der Waals surface area contributed by atoms with Crippen LogP contribution >= 0.6 is 11.8 Å². The van der Waals surface area contributed by atoms with E-state index >= 15 is 0 Å². The number of carbonyl (C=O) groups is 1. The molecule has 18 heavy (non-hydrogen) atoms. The van der Waals surface area contributed by atoms with Gasteiger partial charge in [-0.1, -0.05) is 31.4 Å². The summed E-state index contributed by atoms with van der Waals surface area (Å²) in [6.45, 7) is 0. The predicted octanol–water partition coefficient (Wildman–Crippen LogP) is 3.17. The Morgan fingerprint density at radius 3 is 2.67 bits per heavy atom. The maximum absolute atomic E-state index is 11.1. The minimum absolute atomic E-state index is 0.119. The largest absolute Gasteiger partial charge is 0.478 e. The minimum atomic E-state index is -0.902. The minimum Gasteiger partial charge on any atom is -0.478 e. The van der Waals surface area contributed by atoms with E-state index in [4.69, 9.17) is 5.11 Å². The van der Waals surface area contributed by atoms with Crippen LogP contribution in [0, 0.1) is 0 Å². The van der Waals surface area contributed by atoms with Crippen molar-refractivity contribution in [1.82, 2.24) is 0 Å². The highest BCUT2D eigenvalue weighted by atomic mass is 32.2. The fourth-order valence-corrected chi connectivity index (χ4v) is 3.64. The van der Waals surface area contributed by atoms with Gasteiger partial charge in [-0.15, -0.1) is 11.8 Å². The van der Waals surface area contributed by atoms with Gasteiger partial charge >= 0.3 is 5.97 Å². The first-order valence-corrected chi connectivity index (χ1v) is 7.23. The number of carboxylic acid groups (broad SMARTS) is 1. The molecule has 0 bridgehead atoms. The molecule has 0 amide bonds. The molecular formula is C14H18O3S. The van der Waals surface area contributed by atoms with Crippen LogP contribution in [0.5, 0.6) is 0 Å². The highest BCUT2D eigenvalue weighted by molar-refractivity contribution is 8.00. The van der Waals surface area contributed by atoms with Crippen LogP contribution in [0.1, 0.15) is 42.5 Å². The number of hydrogen-bond donors (Lipinski definition) is 2. The molecular weight excluding hydrogens is 248 g/mol. The quantitative estimate of drug-likeness (QED) is 0.825. The van der Waals surface area contributed by atoms with Gasteiger partial charge in [0.1, 0.15) is 0 Å². The second-order valence-corrected chi connectivity index (χ2v) is 5.94.